The van der Waals surface area contributed by atoms with Crippen molar-refractivity contribution < 1.29 is 27.5 Å². The highest BCUT2D eigenvalue weighted by atomic mass is 19.3. The Morgan fingerprint density at radius 3 is 2.52 bits per heavy atom. The molecule has 0 spiro atoms. The maximum Gasteiger partial charge on any atom is 0.387 e. The number of rotatable bonds is 9. The number of carbonyl (C=O) groups excluding carboxylic acids is 1. The van der Waals surface area contributed by atoms with Gasteiger partial charge >= 0.3 is 6.61 Å². The van der Waals surface area contributed by atoms with Crippen LogP contribution >= 0.6 is 0 Å². The molecule has 0 radical (unpaired) electrons. The van der Waals surface area contributed by atoms with Crippen LogP contribution in [0.25, 0.3) is 0 Å². The molecule has 0 aliphatic carbocycles. The van der Waals surface area contributed by atoms with Crippen molar-refractivity contribution in [3.8, 4) is 11.5 Å². The smallest absolute Gasteiger partial charge is 0.387 e. The Hall–Kier alpha value is -3.35. The van der Waals surface area contributed by atoms with E-state index in [9.17, 15) is 13.6 Å². The highest BCUT2D eigenvalue weighted by Gasteiger charge is 2.16. The summed E-state index contributed by atoms with van der Waals surface area (Å²) in [6.07, 6.45) is 1.07. The monoisotopic (exact) mass is 429 g/mol. The lowest BCUT2D eigenvalue weighted by molar-refractivity contribution is -0.0494. The number of hydrogen-bond acceptors (Lipinski definition) is 4. The molecule has 1 atom stereocenters. The van der Waals surface area contributed by atoms with Crippen molar-refractivity contribution in [1.82, 2.24) is 0 Å². The van der Waals surface area contributed by atoms with Crippen LogP contribution in [0.5, 0.6) is 11.5 Å². The lowest BCUT2D eigenvalue weighted by Gasteiger charge is -2.12. The summed E-state index contributed by atoms with van der Waals surface area (Å²) in [6.45, 7) is 3.21. The van der Waals surface area contributed by atoms with E-state index in [2.05, 4.69) is 23.9 Å². The highest BCUT2D eigenvalue weighted by Crippen LogP contribution is 2.28. The molecule has 3 rings (SSSR count). The normalized spacial score (nSPS) is 11.9. The molecule has 31 heavy (non-hydrogen) atoms. The molecule has 0 saturated carbocycles. The minimum absolute atomic E-state index is 0.0364. The second-order valence-electron chi connectivity index (χ2n) is 7.27. The quantitative estimate of drug-likeness (QED) is 0.420. The minimum atomic E-state index is -3.00. The second-order valence-corrected chi connectivity index (χ2v) is 7.27. The summed E-state index contributed by atoms with van der Waals surface area (Å²) < 4.78 is 41.0. The standard InChI is InChI=1S/C24H25F2NO4/c1-4-16(3)17-6-8-18(9-7-17)29-14-19-10-12-21(30-19)23(28)27-20-11-5-15(2)13-22(20)31-24(25)26/h5-13,16,24H,4,14H2,1-3H3,(H,27,28). The number of furan rings is 1. The van der Waals surface area contributed by atoms with Crippen LogP contribution in [-0.2, 0) is 6.61 Å². The Morgan fingerprint density at radius 1 is 1.10 bits per heavy atom. The van der Waals surface area contributed by atoms with E-state index in [1.165, 1.54) is 23.8 Å². The number of ether oxygens (including phenoxy) is 2. The van der Waals surface area contributed by atoms with E-state index >= 15 is 0 Å². The number of aryl methyl sites for hydroxylation is 1. The van der Waals surface area contributed by atoms with Gasteiger partial charge < -0.3 is 19.2 Å². The third-order valence-electron chi connectivity index (χ3n) is 4.93. The van der Waals surface area contributed by atoms with E-state index < -0.39 is 12.5 Å². The van der Waals surface area contributed by atoms with Crippen LogP contribution in [0.2, 0.25) is 0 Å². The zero-order valence-electron chi connectivity index (χ0n) is 17.7. The van der Waals surface area contributed by atoms with Crippen molar-refractivity contribution in [2.24, 2.45) is 0 Å². The van der Waals surface area contributed by atoms with Gasteiger partial charge in [-0.2, -0.15) is 8.78 Å². The van der Waals surface area contributed by atoms with Crippen LogP contribution in [0, 0.1) is 6.92 Å². The van der Waals surface area contributed by atoms with Gasteiger partial charge in [-0.15, -0.1) is 0 Å². The van der Waals surface area contributed by atoms with Gasteiger partial charge in [-0.05, 0) is 66.8 Å². The molecule has 7 heteroatoms. The average Bonchev–Trinajstić information content (AvgIpc) is 3.23. The van der Waals surface area contributed by atoms with Gasteiger partial charge in [0.2, 0.25) is 0 Å². The molecule has 1 N–H and O–H groups in total. The van der Waals surface area contributed by atoms with E-state index in [1.54, 1.807) is 19.1 Å². The van der Waals surface area contributed by atoms with Crippen LogP contribution in [0.15, 0.2) is 59.0 Å². The molecule has 3 aromatic rings. The van der Waals surface area contributed by atoms with Gasteiger partial charge in [-0.1, -0.05) is 32.0 Å². The van der Waals surface area contributed by atoms with Crippen molar-refractivity contribution >= 4 is 11.6 Å². The largest absolute Gasteiger partial charge is 0.486 e. The first kappa shape index (κ1) is 22.3. The van der Waals surface area contributed by atoms with Crippen molar-refractivity contribution in [3.05, 3.63) is 77.2 Å². The van der Waals surface area contributed by atoms with Crippen LogP contribution in [0.4, 0.5) is 14.5 Å². The number of halogens is 2. The van der Waals surface area contributed by atoms with Crippen LogP contribution < -0.4 is 14.8 Å². The van der Waals surface area contributed by atoms with Crippen molar-refractivity contribution in [2.75, 3.05) is 5.32 Å². The number of hydrogen-bond donors (Lipinski definition) is 1. The Bertz CT molecular complexity index is 1010. The number of nitrogens with one attached hydrogen (secondary N) is 1. The van der Waals surface area contributed by atoms with Gasteiger partial charge in [-0.3, -0.25) is 4.79 Å². The molecule has 0 fully saturated rings. The van der Waals surface area contributed by atoms with E-state index in [4.69, 9.17) is 9.15 Å². The summed E-state index contributed by atoms with van der Waals surface area (Å²) in [7, 11) is 0. The van der Waals surface area contributed by atoms with E-state index in [0.717, 1.165) is 12.0 Å². The molecular formula is C24H25F2NO4. The van der Waals surface area contributed by atoms with E-state index in [-0.39, 0.29) is 23.8 Å². The fourth-order valence-electron chi connectivity index (χ4n) is 2.97. The van der Waals surface area contributed by atoms with Crippen LogP contribution in [0.3, 0.4) is 0 Å². The van der Waals surface area contributed by atoms with Crippen molar-refractivity contribution in [2.45, 2.75) is 46.3 Å². The summed E-state index contributed by atoms with van der Waals surface area (Å²) in [5, 5.41) is 2.54. The molecular weight excluding hydrogens is 404 g/mol. The molecule has 164 valence electrons. The number of carbonyl (C=O) groups is 1. The molecule has 2 aromatic carbocycles. The fourth-order valence-corrected chi connectivity index (χ4v) is 2.97. The Morgan fingerprint density at radius 2 is 1.84 bits per heavy atom. The second kappa shape index (κ2) is 10.1. The Labute approximate surface area is 180 Å². The number of amides is 1. The summed E-state index contributed by atoms with van der Waals surface area (Å²) in [4.78, 5) is 12.5. The van der Waals surface area contributed by atoms with Gasteiger partial charge in [0.25, 0.3) is 5.91 Å². The lowest BCUT2D eigenvalue weighted by atomic mass is 9.99. The van der Waals surface area contributed by atoms with Crippen molar-refractivity contribution in [1.29, 1.82) is 0 Å². The van der Waals surface area contributed by atoms with Gasteiger partial charge in [-0.25, -0.2) is 0 Å². The lowest BCUT2D eigenvalue weighted by Crippen LogP contribution is -2.13. The molecule has 1 heterocycles. The summed E-state index contributed by atoms with van der Waals surface area (Å²) in [6, 6.07) is 15.6. The van der Waals surface area contributed by atoms with Crippen LogP contribution in [-0.4, -0.2) is 12.5 Å². The third-order valence-corrected chi connectivity index (χ3v) is 4.93. The molecule has 0 aliphatic heterocycles. The molecule has 1 aromatic heterocycles. The maximum atomic E-state index is 12.6. The minimum Gasteiger partial charge on any atom is -0.486 e. The number of alkyl halides is 2. The predicted octanol–water partition coefficient (Wildman–Crippen LogP) is 6.53. The van der Waals surface area contributed by atoms with Crippen LogP contribution in [0.1, 0.15) is 53.6 Å². The van der Waals surface area contributed by atoms with E-state index in [1.807, 2.05) is 24.3 Å². The molecule has 5 nitrogen and oxygen atoms in total. The van der Waals surface area contributed by atoms with Gasteiger partial charge in [0.15, 0.2) is 5.76 Å². The summed E-state index contributed by atoms with van der Waals surface area (Å²) in [5.41, 5.74) is 2.10. The zero-order chi connectivity index (χ0) is 22.4. The van der Waals surface area contributed by atoms with E-state index in [0.29, 0.717) is 17.4 Å². The number of anilines is 1. The highest BCUT2D eigenvalue weighted by molar-refractivity contribution is 6.03. The maximum absolute atomic E-state index is 12.6. The molecule has 0 aliphatic rings. The first-order chi connectivity index (χ1) is 14.9. The summed E-state index contributed by atoms with van der Waals surface area (Å²) in [5.74, 6) is 0.994. The van der Waals surface area contributed by atoms with Gasteiger partial charge in [0.1, 0.15) is 23.9 Å². The molecule has 1 unspecified atom stereocenters. The number of benzene rings is 2. The zero-order valence-corrected chi connectivity index (χ0v) is 17.7. The first-order valence-electron chi connectivity index (χ1n) is 10.0. The fraction of sp³-hybridized carbons (Fsp3) is 0.292. The third kappa shape index (κ3) is 6.07. The van der Waals surface area contributed by atoms with Gasteiger partial charge in [0.05, 0.1) is 5.69 Å². The summed E-state index contributed by atoms with van der Waals surface area (Å²) >= 11 is 0. The topological polar surface area (TPSA) is 60.7 Å². The predicted molar refractivity (Wildman–Crippen MR) is 114 cm³/mol. The Kier molecular flexibility index (Phi) is 7.28. The Balaban J connectivity index is 1.61. The molecule has 1 amide bonds. The molecule has 0 saturated heterocycles. The average molecular weight is 429 g/mol. The molecule has 0 bridgehead atoms. The van der Waals surface area contributed by atoms with Gasteiger partial charge in [0, 0.05) is 0 Å². The SMILES string of the molecule is CCC(C)c1ccc(OCc2ccc(C(=O)Nc3ccc(C)cc3OC(F)F)o2)cc1. The van der Waals surface area contributed by atoms with Crippen molar-refractivity contribution in [3.63, 3.8) is 0 Å². The first-order valence-corrected chi connectivity index (χ1v) is 10.0.